The second-order valence-corrected chi connectivity index (χ2v) is 3.95. The maximum absolute atomic E-state index is 12.4. The van der Waals surface area contributed by atoms with Crippen LogP contribution in [0.2, 0.25) is 0 Å². The predicted molar refractivity (Wildman–Crippen MR) is 38.5 cm³/mol. The van der Waals surface area contributed by atoms with E-state index in [-0.39, 0.29) is 0 Å². The molecule has 0 saturated carbocycles. The highest BCUT2D eigenvalue weighted by Crippen LogP contribution is 2.43. The molecule has 0 spiro atoms. The van der Waals surface area contributed by atoms with Gasteiger partial charge in [-0.1, -0.05) is 29.8 Å². The van der Waals surface area contributed by atoms with Crippen LogP contribution in [-0.2, 0) is 0 Å². The maximum Gasteiger partial charge on any atom is 0.289 e. The quantitative estimate of drug-likeness (QED) is 0.512. The van der Waals surface area contributed by atoms with E-state index in [4.69, 9.17) is 23.2 Å². The van der Waals surface area contributed by atoms with Gasteiger partial charge in [-0.05, 0) is 22.0 Å². The summed E-state index contributed by atoms with van der Waals surface area (Å²) in [4.78, 5) is 0. The number of halogens is 5. The molecule has 0 aliphatic carbocycles. The molecule has 0 saturated heterocycles. The largest absolute Gasteiger partial charge is 0.289 e. The smallest absolute Gasteiger partial charge is 0.215 e. The average Bonchev–Trinajstić information content (AvgIpc) is 1.64. The van der Waals surface area contributed by atoms with E-state index in [0.29, 0.717) is 6.08 Å². The van der Waals surface area contributed by atoms with Gasteiger partial charge in [0.25, 0.3) is 9.17 Å². The Balaban J connectivity index is 4.32. The Morgan fingerprint density at radius 2 is 1.78 bits per heavy atom. The van der Waals surface area contributed by atoms with Crippen molar-refractivity contribution in [2.75, 3.05) is 0 Å². The Labute approximate surface area is 69.9 Å². The second kappa shape index (κ2) is 2.72. The fraction of sp³-hybridized carbons (Fsp3) is 0.500. The first-order chi connectivity index (χ1) is 3.81. The Kier molecular flexibility index (Phi) is 2.92. The molecule has 0 aromatic carbocycles. The van der Waals surface area contributed by atoms with Crippen molar-refractivity contribution in [3.63, 3.8) is 0 Å². The van der Waals surface area contributed by atoms with Crippen molar-refractivity contribution in [3.8, 4) is 0 Å². The van der Waals surface area contributed by atoms with Gasteiger partial charge in [-0.2, -0.15) is 0 Å². The zero-order valence-corrected chi connectivity index (χ0v) is 7.27. The molecule has 0 nitrogen and oxygen atoms in total. The fourth-order valence-electron chi connectivity index (χ4n) is 0.116. The standard InChI is InChI=1S/C4H3BrCl2F2/c1-2-3(6,8)4(5,7)9/h2H,1H2. The maximum atomic E-state index is 12.4. The van der Waals surface area contributed by atoms with E-state index in [1.54, 1.807) is 0 Å². The van der Waals surface area contributed by atoms with Gasteiger partial charge in [0.1, 0.15) is 0 Å². The van der Waals surface area contributed by atoms with Crippen molar-refractivity contribution in [3.05, 3.63) is 12.7 Å². The zero-order valence-electron chi connectivity index (χ0n) is 4.17. The molecule has 0 fully saturated rings. The van der Waals surface area contributed by atoms with Gasteiger partial charge in [0, 0.05) is 0 Å². The van der Waals surface area contributed by atoms with Crippen LogP contribution in [0.1, 0.15) is 0 Å². The average molecular weight is 240 g/mol. The minimum atomic E-state index is -2.79. The Hall–Kier alpha value is 0.660. The van der Waals surface area contributed by atoms with Crippen molar-refractivity contribution >= 4 is 39.1 Å². The topological polar surface area (TPSA) is 0 Å². The number of allylic oxidation sites excluding steroid dienone is 1. The summed E-state index contributed by atoms with van der Waals surface area (Å²) < 4.78 is 21.9. The van der Waals surface area contributed by atoms with Crippen LogP contribution in [0, 0.1) is 0 Å². The molecule has 2 unspecified atom stereocenters. The van der Waals surface area contributed by atoms with Crippen LogP contribution in [0.25, 0.3) is 0 Å². The van der Waals surface area contributed by atoms with Gasteiger partial charge < -0.3 is 0 Å². The fourth-order valence-corrected chi connectivity index (χ4v) is 0.355. The molecule has 2 atom stereocenters. The Bertz CT molecular complexity index is 118. The SMILES string of the molecule is C=CC(F)(Cl)C(F)(Cl)Br. The predicted octanol–water partition coefficient (Wildman–Crippen LogP) is 3.33. The van der Waals surface area contributed by atoms with Crippen molar-refractivity contribution in [1.29, 1.82) is 0 Å². The Morgan fingerprint density at radius 3 is 1.78 bits per heavy atom. The molecule has 5 heteroatoms. The van der Waals surface area contributed by atoms with Crippen molar-refractivity contribution in [2.45, 2.75) is 9.17 Å². The summed E-state index contributed by atoms with van der Waals surface area (Å²) in [6, 6.07) is 0. The summed E-state index contributed by atoms with van der Waals surface area (Å²) in [5, 5.41) is -2.77. The molecule has 0 bridgehead atoms. The minimum absolute atomic E-state index is 0.566. The summed E-state index contributed by atoms with van der Waals surface area (Å²) in [6.45, 7) is 2.94. The van der Waals surface area contributed by atoms with Crippen LogP contribution in [0.5, 0.6) is 0 Å². The van der Waals surface area contributed by atoms with Gasteiger partial charge in [-0.25, -0.2) is 8.78 Å². The molecular formula is C4H3BrCl2F2. The van der Waals surface area contributed by atoms with Crippen LogP contribution in [0.15, 0.2) is 12.7 Å². The molecule has 0 radical (unpaired) electrons. The van der Waals surface area contributed by atoms with Crippen molar-refractivity contribution in [2.24, 2.45) is 0 Å². The summed E-state index contributed by atoms with van der Waals surface area (Å²) in [5.74, 6) is 0. The van der Waals surface area contributed by atoms with Gasteiger partial charge in [0.15, 0.2) is 0 Å². The normalized spacial score (nSPS) is 24.1. The molecule has 0 aromatic heterocycles. The van der Waals surface area contributed by atoms with Crippen LogP contribution < -0.4 is 0 Å². The van der Waals surface area contributed by atoms with Crippen LogP contribution >= 0.6 is 39.1 Å². The van der Waals surface area contributed by atoms with Crippen LogP contribution in [0.4, 0.5) is 8.78 Å². The van der Waals surface area contributed by atoms with Gasteiger partial charge in [-0.15, -0.1) is 0 Å². The molecule has 0 aliphatic heterocycles. The Morgan fingerprint density at radius 1 is 1.44 bits per heavy atom. The monoisotopic (exact) mass is 238 g/mol. The molecule has 0 N–H and O–H groups in total. The van der Waals surface area contributed by atoms with E-state index in [9.17, 15) is 8.78 Å². The second-order valence-electron chi connectivity index (χ2n) is 1.32. The molecule has 0 rings (SSSR count). The third-order valence-corrected chi connectivity index (χ3v) is 2.23. The minimum Gasteiger partial charge on any atom is -0.215 e. The van der Waals surface area contributed by atoms with Gasteiger partial charge >= 0.3 is 0 Å². The lowest BCUT2D eigenvalue weighted by atomic mass is 10.4. The highest BCUT2D eigenvalue weighted by Gasteiger charge is 2.47. The molecule has 0 heterocycles. The lowest BCUT2D eigenvalue weighted by molar-refractivity contribution is 0.215. The molecule has 54 valence electrons. The van der Waals surface area contributed by atoms with Crippen LogP contribution in [-0.4, -0.2) is 9.17 Å². The zero-order chi connectivity index (χ0) is 7.71. The summed E-state index contributed by atoms with van der Waals surface area (Å²) in [6.07, 6.45) is 0.566. The summed E-state index contributed by atoms with van der Waals surface area (Å²) in [7, 11) is 0. The van der Waals surface area contributed by atoms with Gasteiger partial charge in [0.2, 0.25) is 0 Å². The number of alkyl halides is 5. The first-order valence-corrected chi connectivity index (χ1v) is 3.44. The molecule has 0 amide bonds. The van der Waals surface area contributed by atoms with E-state index >= 15 is 0 Å². The first kappa shape index (κ1) is 9.66. The van der Waals surface area contributed by atoms with E-state index in [1.807, 2.05) is 0 Å². The lowest BCUT2D eigenvalue weighted by Gasteiger charge is -2.19. The third-order valence-electron chi connectivity index (χ3n) is 0.634. The first-order valence-electron chi connectivity index (χ1n) is 1.89. The van der Waals surface area contributed by atoms with Gasteiger partial charge in [0.05, 0.1) is 0 Å². The highest BCUT2D eigenvalue weighted by molar-refractivity contribution is 9.10. The highest BCUT2D eigenvalue weighted by atomic mass is 79.9. The van der Waals surface area contributed by atoms with E-state index in [2.05, 4.69) is 22.5 Å². The number of hydrogen-bond acceptors (Lipinski definition) is 0. The summed E-state index contributed by atoms with van der Waals surface area (Å²) >= 11 is 11.8. The molecular weight excluding hydrogens is 237 g/mol. The van der Waals surface area contributed by atoms with E-state index < -0.39 is 9.17 Å². The van der Waals surface area contributed by atoms with Crippen molar-refractivity contribution in [1.82, 2.24) is 0 Å². The molecule has 9 heavy (non-hydrogen) atoms. The third kappa shape index (κ3) is 2.40. The van der Waals surface area contributed by atoms with Crippen LogP contribution in [0.3, 0.4) is 0 Å². The molecule has 0 aromatic rings. The lowest BCUT2D eigenvalue weighted by Crippen LogP contribution is -2.29. The van der Waals surface area contributed by atoms with Gasteiger partial charge in [-0.3, -0.25) is 0 Å². The summed E-state index contributed by atoms with van der Waals surface area (Å²) in [5.41, 5.74) is 0. The molecule has 0 aliphatic rings. The van der Waals surface area contributed by atoms with Crippen molar-refractivity contribution < 1.29 is 8.78 Å². The van der Waals surface area contributed by atoms with E-state index in [1.165, 1.54) is 0 Å². The number of hydrogen-bond donors (Lipinski definition) is 0. The number of rotatable bonds is 2. The van der Waals surface area contributed by atoms with E-state index in [0.717, 1.165) is 0 Å².